The summed E-state index contributed by atoms with van der Waals surface area (Å²) >= 11 is 0. The molecule has 0 amide bonds. The van der Waals surface area contributed by atoms with Crippen molar-refractivity contribution in [2.24, 2.45) is 10.2 Å². The molecule has 1 aromatic carbocycles. The Balaban J connectivity index is 0.00000220. The first-order valence-electron chi connectivity index (χ1n) is 6.91. The predicted octanol–water partition coefficient (Wildman–Crippen LogP) is -0.938. The van der Waals surface area contributed by atoms with E-state index in [0.717, 1.165) is 25.4 Å². The Labute approximate surface area is 143 Å². The number of halogens is 1. The van der Waals surface area contributed by atoms with Crippen LogP contribution in [0.5, 0.6) is 0 Å². The van der Waals surface area contributed by atoms with Crippen molar-refractivity contribution in [1.82, 2.24) is 15.0 Å². The van der Waals surface area contributed by atoms with Crippen molar-refractivity contribution < 1.29 is 24.0 Å². The van der Waals surface area contributed by atoms with Crippen molar-refractivity contribution in [2.75, 3.05) is 38.8 Å². The molecule has 0 unspecified atom stereocenters. The van der Waals surface area contributed by atoms with Crippen molar-refractivity contribution in [1.29, 1.82) is 0 Å². The molecule has 2 rings (SSSR count). The van der Waals surface area contributed by atoms with E-state index in [-0.39, 0.29) is 24.0 Å². The van der Waals surface area contributed by atoms with Crippen molar-refractivity contribution in [3.8, 4) is 0 Å². The van der Waals surface area contributed by atoms with E-state index in [0.29, 0.717) is 5.96 Å². The molecule has 0 bridgehead atoms. The van der Waals surface area contributed by atoms with Crippen LogP contribution in [-0.2, 0) is 0 Å². The van der Waals surface area contributed by atoms with Gasteiger partial charge in [-0.2, -0.15) is 0 Å². The van der Waals surface area contributed by atoms with E-state index in [9.17, 15) is 0 Å². The maximum Gasteiger partial charge on any atom is 0.472 e. The molecule has 0 spiro atoms. The summed E-state index contributed by atoms with van der Waals surface area (Å²) < 4.78 is 0. The second kappa shape index (κ2) is 8.16. The van der Waals surface area contributed by atoms with Gasteiger partial charge in [0.05, 0.1) is 12.2 Å². The highest BCUT2D eigenvalue weighted by Gasteiger charge is 2.27. The van der Waals surface area contributed by atoms with Gasteiger partial charge >= 0.3 is 5.96 Å². The first-order valence-corrected chi connectivity index (χ1v) is 6.91. The van der Waals surface area contributed by atoms with Crippen molar-refractivity contribution in [3.05, 3.63) is 24.3 Å². The number of hydrogen-bond donors (Lipinski definition) is 0. The summed E-state index contributed by atoms with van der Waals surface area (Å²) in [6, 6.07) is 8.12. The second-order valence-corrected chi connectivity index (χ2v) is 4.79. The number of azo groups is 1. The molecule has 0 aliphatic carbocycles. The largest absolute Gasteiger partial charge is 1.00 e. The van der Waals surface area contributed by atoms with E-state index in [1.165, 1.54) is 5.69 Å². The van der Waals surface area contributed by atoms with Crippen molar-refractivity contribution in [2.45, 2.75) is 13.8 Å². The minimum absolute atomic E-state index is 0. The Morgan fingerprint density at radius 2 is 1.71 bits per heavy atom. The third-order valence-electron chi connectivity index (χ3n) is 3.25. The van der Waals surface area contributed by atoms with Crippen LogP contribution in [0.25, 0.3) is 0 Å². The topological polar surface area (TPSA) is 48.5 Å². The zero-order valence-corrected chi connectivity index (χ0v) is 15.1. The fourth-order valence-electron chi connectivity index (χ4n) is 2.15. The summed E-state index contributed by atoms with van der Waals surface area (Å²) in [5.74, 6) is 0.639. The molecule has 115 valence electrons. The monoisotopic (exact) mass is 401 g/mol. The molecule has 1 aliphatic heterocycles. The molecule has 7 heteroatoms. The van der Waals surface area contributed by atoms with Gasteiger partial charge < -0.3 is 28.9 Å². The quantitative estimate of drug-likeness (QED) is 0.484. The minimum atomic E-state index is 0. The van der Waals surface area contributed by atoms with Gasteiger partial charge in [0.1, 0.15) is 5.69 Å². The van der Waals surface area contributed by atoms with Crippen LogP contribution in [0.4, 0.5) is 11.4 Å². The Morgan fingerprint density at radius 1 is 1.10 bits per heavy atom. The Kier molecular flexibility index (Phi) is 6.86. The fraction of sp³-hybridized carbons (Fsp3) is 0.500. The van der Waals surface area contributed by atoms with Crippen LogP contribution in [0.3, 0.4) is 0 Å². The zero-order chi connectivity index (χ0) is 14.5. The summed E-state index contributed by atoms with van der Waals surface area (Å²) in [6.07, 6.45) is 0. The lowest BCUT2D eigenvalue weighted by molar-refractivity contribution is -0.00000452. The maximum absolute atomic E-state index is 4.26. The van der Waals surface area contributed by atoms with E-state index in [4.69, 9.17) is 0 Å². The minimum Gasteiger partial charge on any atom is -1.00 e. The summed E-state index contributed by atoms with van der Waals surface area (Å²) in [5.41, 5.74) is 2.05. The molecule has 0 atom stereocenters. The molecular weight excluding hydrogens is 379 g/mol. The zero-order valence-electron chi connectivity index (χ0n) is 13.0. The third-order valence-corrected chi connectivity index (χ3v) is 3.25. The third kappa shape index (κ3) is 4.55. The summed E-state index contributed by atoms with van der Waals surface area (Å²) in [7, 11) is 3.86. The van der Waals surface area contributed by atoms with Gasteiger partial charge in [-0.1, -0.05) is 5.11 Å². The molecule has 0 fully saturated rings. The van der Waals surface area contributed by atoms with Crippen LogP contribution in [0, 0.1) is 0 Å². The molecule has 1 heterocycles. The van der Waals surface area contributed by atoms with Crippen LogP contribution in [0.1, 0.15) is 13.8 Å². The van der Waals surface area contributed by atoms with Gasteiger partial charge in [-0.3, -0.25) is 0 Å². The predicted molar refractivity (Wildman–Crippen MR) is 82.1 cm³/mol. The average molecular weight is 401 g/mol. The molecule has 21 heavy (non-hydrogen) atoms. The number of benzene rings is 1. The van der Waals surface area contributed by atoms with E-state index in [1.807, 2.05) is 36.1 Å². The molecule has 1 aromatic rings. The van der Waals surface area contributed by atoms with Gasteiger partial charge in [0.25, 0.3) is 0 Å². The first kappa shape index (κ1) is 17.7. The van der Waals surface area contributed by atoms with Crippen LogP contribution in [0.15, 0.2) is 34.5 Å². The van der Waals surface area contributed by atoms with Crippen LogP contribution < -0.4 is 34.0 Å². The molecule has 0 N–H and O–H groups in total. The lowest BCUT2D eigenvalue weighted by atomic mass is 10.2. The van der Waals surface area contributed by atoms with E-state index >= 15 is 0 Å². The molecule has 0 saturated heterocycles. The molecule has 6 nitrogen and oxygen atoms in total. The number of guanidine groups is 1. The lowest BCUT2D eigenvalue weighted by Gasteiger charge is -2.20. The summed E-state index contributed by atoms with van der Waals surface area (Å²) in [5, 5.41) is 14.5. The number of rotatable bonds is 4. The molecule has 0 aromatic heterocycles. The van der Waals surface area contributed by atoms with Gasteiger partial charge in [0.15, 0.2) is 6.67 Å². The summed E-state index contributed by atoms with van der Waals surface area (Å²) in [6.45, 7) is 7.06. The van der Waals surface area contributed by atoms with Crippen LogP contribution >= 0.6 is 0 Å². The SMILES string of the molecule is CCN(CC)c1ccc(N=NC2=[N+]N(C)CN2C)cc1.[I-]. The molecule has 0 saturated carbocycles. The Bertz CT molecular complexity index is 495. The lowest BCUT2D eigenvalue weighted by Crippen LogP contribution is -3.00. The Hall–Kier alpha value is -1.38. The van der Waals surface area contributed by atoms with E-state index in [2.05, 4.69) is 46.2 Å². The molecule has 1 radical (unpaired) electrons. The number of hydrazone groups is 1. The van der Waals surface area contributed by atoms with Gasteiger partial charge in [0.2, 0.25) is 0 Å². The number of hydrogen-bond acceptors (Lipinski definition) is 6. The average Bonchev–Trinajstić information content (AvgIpc) is 2.77. The van der Waals surface area contributed by atoms with Gasteiger partial charge in [0, 0.05) is 30.9 Å². The normalized spacial score (nSPS) is 14.4. The van der Waals surface area contributed by atoms with Crippen molar-refractivity contribution >= 4 is 17.3 Å². The van der Waals surface area contributed by atoms with E-state index < -0.39 is 0 Å². The maximum atomic E-state index is 4.26. The fourth-order valence-corrected chi connectivity index (χ4v) is 2.15. The molecule has 1 aliphatic rings. The standard InChI is InChI=1S/C14H22N6.HI/c1-5-20(6-2)13-9-7-12(8-10-13)15-16-14-17-19(4)11-18(14)3;/h7-10H,5-6,11H2,1-4H3;1H/q+1;/p-1. The van der Waals surface area contributed by atoms with Gasteiger partial charge in [-0.15, -0.1) is 0 Å². The van der Waals surface area contributed by atoms with Gasteiger partial charge in [-0.25, -0.2) is 9.91 Å². The van der Waals surface area contributed by atoms with E-state index in [1.54, 1.807) is 0 Å². The van der Waals surface area contributed by atoms with Crippen LogP contribution in [-0.4, -0.2) is 49.7 Å². The van der Waals surface area contributed by atoms with Crippen LogP contribution in [0.2, 0.25) is 0 Å². The van der Waals surface area contributed by atoms with Gasteiger partial charge in [-0.05, 0) is 38.1 Å². The highest BCUT2D eigenvalue weighted by molar-refractivity contribution is 5.80. The smallest absolute Gasteiger partial charge is 0.472 e. The summed E-state index contributed by atoms with van der Waals surface area (Å²) in [4.78, 5) is 4.25. The van der Waals surface area contributed by atoms with Crippen molar-refractivity contribution in [3.63, 3.8) is 0 Å². The Morgan fingerprint density at radius 3 is 2.19 bits per heavy atom. The highest BCUT2D eigenvalue weighted by atomic mass is 127. The molecular formula is C14H22IN6. The number of nitrogens with zero attached hydrogens (tertiary/aromatic N) is 6. The second-order valence-electron chi connectivity index (χ2n) is 4.79. The number of anilines is 1. The first-order chi connectivity index (χ1) is 9.63. The highest BCUT2D eigenvalue weighted by Crippen LogP contribution is 2.20.